The Bertz CT molecular complexity index is 925. The number of hydrogen-bond donors (Lipinski definition) is 0. The Labute approximate surface area is 140 Å². The lowest BCUT2D eigenvalue weighted by Gasteiger charge is -2.18. The van der Waals surface area contributed by atoms with Crippen LogP contribution in [0.3, 0.4) is 0 Å². The van der Waals surface area contributed by atoms with E-state index in [0.29, 0.717) is 5.56 Å². The highest BCUT2D eigenvalue weighted by Crippen LogP contribution is 2.42. The number of rotatable bonds is 1. The van der Waals surface area contributed by atoms with Crippen LogP contribution in [0.5, 0.6) is 0 Å². The molecule has 0 bridgehead atoms. The average molecular weight is 334 g/mol. The van der Waals surface area contributed by atoms with Gasteiger partial charge in [-0.15, -0.1) is 0 Å². The molecule has 4 rings (SSSR count). The van der Waals surface area contributed by atoms with Crippen molar-refractivity contribution >= 4 is 21.7 Å². The summed E-state index contributed by atoms with van der Waals surface area (Å²) in [6.45, 7) is 0. The van der Waals surface area contributed by atoms with E-state index in [4.69, 9.17) is 0 Å². The van der Waals surface area contributed by atoms with E-state index in [-0.39, 0.29) is 10.9 Å². The maximum absolute atomic E-state index is 12.9. The molecule has 2 nitrogen and oxygen atoms in total. The second kappa shape index (κ2) is 5.69. The first kappa shape index (κ1) is 14.3. The van der Waals surface area contributed by atoms with Crippen molar-refractivity contribution < 1.29 is 4.21 Å². The molecule has 0 spiro atoms. The highest BCUT2D eigenvalue weighted by atomic mass is 32.2. The monoisotopic (exact) mass is 334 g/mol. The van der Waals surface area contributed by atoms with Crippen molar-refractivity contribution in [3.63, 3.8) is 0 Å². The first-order valence-electron chi connectivity index (χ1n) is 7.14. The van der Waals surface area contributed by atoms with E-state index in [9.17, 15) is 9.47 Å². The fourth-order valence-electron chi connectivity index (χ4n) is 2.73. The number of hydrogen-bond acceptors (Lipinski definition) is 2. The summed E-state index contributed by atoms with van der Waals surface area (Å²) < 4.78 is 12.9. The summed E-state index contributed by atoms with van der Waals surface area (Å²) in [5.74, 6) is 0. The van der Waals surface area contributed by atoms with Gasteiger partial charge >= 0.3 is 0 Å². The van der Waals surface area contributed by atoms with Crippen LogP contribution in [0.25, 0.3) is 0 Å². The van der Waals surface area contributed by atoms with E-state index in [1.807, 2.05) is 72.8 Å². The van der Waals surface area contributed by atoms with Crippen molar-refractivity contribution in [3.05, 3.63) is 78.4 Å². The van der Waals surface area contributed by atoms with Gasteiger partial charge < -0.3 is 0 Å². The van der Waals surface area contributed by atoms with Gasteiger partial charge in [-0.1, -0.05) is 30.3 Å². The van der Waals surface area contributed by atoms with Gasteiger partial charge in [-0.05, 0) is 36.4 Å². The van der Waals surface area contributed by atoms with Crippen LogP contribution in [0.2, 0.25) is 0 Å². The zero-order chi connectivity index (χ0) is 15.8. The molecule has 0 aliphatic carbocycles. The molecular weight excluding hydrogens is 322 g/mol. The third-order valence-corrected chi connectivity index (χ3v) is 7.82. The second-order valence-corrected chi connectivity index (χ2v) is 8.49. The lowest BCUT2D eigenvalue weighted by Crippen LogP contribution is -2.16. The van der Waals surface area contributed by atoms with E-state index < -0.39 is 10.8 Å². The predicted octanol–water partition coefficient (Wildman–Crippen LogP) is 4.13. The summed E-state index contributed by atoms with van der Waals surface area (Å²) in [5.41, 5.74) is 0.650. The largest absolute Gasteiger partial charge is 0.249 e. The molecule has 0 unspecified atom stereocenters. The Kier molecular flexibility index (Phi) is 3.53. The normalized spacial score (nSPS) is 18.6. The minimum absolute atomic E-state index is 0.335. The molecular formula is C19H12NOS2+. The van der Waals surface area contributed by atoms with Crippen molar-refractivity contribution in [2.24, 2.45) is 0 Å². The molecule has 3 aromatic carbocycles. The smallest absolute Gasteiger partial charge is 0.183 e. The fourth-order valence-corrected chi connectivity index (χ4v) is 7.00. The van der Waals surface area contributed by atoms with E-state index >= 15 is 0 Å². The molecule has 0 radical (unpaired) electrons. The molecule has 0 saturated heterocycles. The van der Waals surface area contributed by atoms with Gasteiger partial charge in [-0.2, -0.15) is 5.26 Å². The van der Waals surface area contributed by atoms with Crippen molar-refractivity contribution in [1.82, 2.24) is 0 Å². The minimum atomic E-state index is -1.15. The first-order chi connectivity index (χ1) is 11.3. The summed E-state index contributed by atoms with van der Waals surface area (Å²) in [5, 5.41) is 9.20. The molecule has 0 fully saturated rings. The van der Waals surface area contributed by atoms with Crippen LogP contribution in [0.15, 0.2) is 97.3 Å². The minimum Gasteiger partial charge on any atom is -0.249 e. The highest BCUT2D eigenvalue weighted by Gasteiger charge is 2.40. The maximum atomic E-state index is 12.9. The molecule has 0 amide bonds. The Morgan fingerprint density at radius 3 is 2.04 bits per heavy atom. The van der Waals surface area contributed by atoms with Gasteiger partial charge in [-0.25, -0.2) is 4.21 Å². The van der Waals surface area contributed by atoms with Gasteiger partial charge in [0.1, 0.15) is 10.9 Å². The summed E-state index contributed by atoms with van der Waals surface area (Å²) in [6, 6.07) is 25.7. The van der Waals surface area contributed by atoms with Gasteiger partial charge in [-0.3, -0.25) is 0 Å². The number of fused-ring (bicyclic) bond motifs is 2. The molecule has 110 valence electrons. The van der Waals surface area contributed by atoms with Gasteiger partial charge in [0.2, 0.25) is 0 Å². The summed E-state index contributed by atoms with van der Waals surface area (Å²) in [6.07, 6.45) is 0. The Morgan fingerprint density at radius 2 is 1.43 bits per heavy atom. The molecule has 0 N–H and O–H groups in total. The zero-order valence-electron chi connectivity index (χ0n) is 12.1. The first-order valence-corrected chi connectivity index (χ1v) is 9.51. The van der Waals surface area contributed by atoms with E-state index in [0.717, 1.165) is 24.5 Å². The molecule has 3 aromatic rings. The van der Waals surface area contributed by atoms with Crippen LogP contribution < -0.4 is 0 Å². The van der Waals surface area contributed by atoms with Crippen LogP contribution in [0.4, 0.5) is 0 Å². The average Bonchev–Trinajstić information content (AvgIpc) is 2.62. The predicted molar refractivity (Wildman–Crippen MR) is 90.9 cm³/mol. The number of nitrogens with zero attached hydrogens (tertiary/aromatic N) is 1. The lowest BCUT2D eigenvalue weighted by atomic mass is 10.2. The summed E-state index contributed by atoms with van der Waals surface area (Å²) in [7, 11) is -1.48. The maximum Gasteiger partial charge on any atom is 0.183 e. The molecule has 23 heavy (non-hydrogen) atoms. The summed E-state index contributed by atoms with van der Waals surface area (Å²) >= 11 is 0. The molecule has 4 heteroatoms. The van der Waals surface area contributed by atoms with E-state index in [1.54, 1.807) is 0 Å². The number of nitriles is 1. The van der Waals surface area contributed by atoms with E-state index in [2.05, 4.69) is 6.07 Å². The van der Waals surface area contributed by atoms with E-state index in [1.165, 1.54) is 0 Å². The van der Waals surface area contributed by atoms with Crippen LogP contribution in [0.1, 0.15) is 5.56 Å². The number of benzene rings is 3. The Morgan fingerprint density at radius 1 is 0.826 bits per heavy atom. The summed E-state index contributed by atoms with van der Waals surface area (Å²) in [4.78, 5) is 4.99. The van der Waals surface area contributed by atoms with Gasteiger partial charge in [0.05, 0.1) is 32.2 Å². The quantitative estimate of drug-likeness (QED) is 0.491. The molecule has 1 heterocycles. The zero-order valence-corrected chi connectivity index (χ0v) is 13.7. The van der Waals surface area contributed by atoms with Crippen LogP contribution in [-0.2, 0) is 21.7 Å². The van der Waals surface area contributed by atoms with Crippen molar-refractivity contribution in [1.29, 1.82) is 5.26 Å². The van der Waals surface area contributed by atoms with Gasteiger partial charge in [0.25, 0.3) is 0 Å². The van der Waals surface area contributed by atoms with Crippen LogP contribution >= 0.6 is 0 Å². The molecule has 1 aliphatic rings. The third kappa shape index (κ3) is 2.29. The van der Waals surface area contributed by atoms with Crippen molar-refractivity contribution in [2.75, 3.05) is 0 Å². The Balaban J connectivity index is 2.02. The topological polar surface area (TPSA) is 40.9 Å². The van der Waals surface area contributed by atoms with Gasteiger partial charge in [0.15, 0.2) is 14.7 Å². The Hall–Kier alpha value is -2.35. The lowest BCUT2D eigenvalue weighted by molar-refractivity contribution is 0.679. The SMILES string of the molecule is N#Cc1cccc([S+]2c3ccccc3S(=O)c3ccccc32)c1. The fraction of sp³-hybridized carbons (Fsp3) is 0. The molecule has 0 saturated carbocycles. The molecule has 0 aromatic heterocycles. The third-order valence-electron chi connectivity index (χ3n) is 3.74. The van der Waals surface area contributed by atoms with Crippen LogP contribution in [0, 0.1) is 11.3 Å². The van der Waals surface area contributed by atoms with Crippen molar-refractivity contribution in [3.8, 4) is 6.07 Å². The van der Waals surface area contributed by atoms with Gasteiger partial charge in [0, 0.05) is 6.07 Å². The molecule has 0 atom stereocenters. The second-order valence-electron chi connectivity index (χ2n) is 5.11. The van der Waals surface area contributed by atoms with Crippen LogP contribution in [-0.4, -0.2) is 4.21 Å². The van der Waals surface area contributed by atoms with Crippen molar-refractivity contribution in [2.45, 2.75) is 24.5 Å². The standard InChI is InChI=1S/C19H12NOS2/c20-13-14-6-5-7-15(12-14)22-16-8-1-3-10-18(16)23(21)19-11-4-2-9-17(19)22/h1-12H/q+1. The molecule has 1 aliphatic heterocycles. The highest BCUT2D eigenvalue weighted by molar-refractivity contribution is 7.99.